The zero-order valence-corrected chi connectivity index (χ0v) is 16.9. The number of rotatable bonds is 6. The molecule has 2 N–H and O–H groups in total. The molecule has 0 aliphatic heterocycles. The van der Waals surface area contributed by atoms with E-state index in [0.717, 1.165) is 10.4 Å². The minimum atomic E-state index is -0.247. The number of H-pyrrole nitrogens is 1. The number of aryl methyl sites for hydroxylation is 2. The fourth-order valence-electron chi connectivity index (χ4n) is 3.25. The van der Waals surface area contributed by atoms with Crippen molar-refractivity contribution in [3.63, 3.8) is 0 Å². The summed E-state index contributed by atoms with van der Waals surface area (Å²) in [6.07, 6.45) is 3.90. The Morgan fingerprint density at radius 2 is 2.03 bits per heavy atom. The van der Waals surface area contributed by atoms with Crippen LogP contribution < -0.4 is 10.9 Å². The van der Waals surface area contributed by atoms with Crippen LogP contribution in [0, 0.1) is 13.8 Å². The third kappa shape index (κ3) is 3.95. The first-order chi connectivity index (χ1) is 14.0. The monoisotopic (exact) mass is 408 g/mol. The molecule has 0 spiro atoms. The van der Waals surface area contributed by atoms with E-state index in [0.29, 0.717) is 29.3 Å². The van der Waals surface area contributed by atoms with Crippen LogP contribution in [0.25, 0.3) is 5.78 Å². The maximum Gasteiger partial charge on any atom is 0.277 e. The SMILES string of the molecule is Cc1nc2nc(C)c(CCC(=O)N[C@H](c3ccncc3)c3cccs3)c(=O)n2[nH]1. The lowest BCUT2D eigenvalue weighted by Gasteiger charge is -2.18. The molecule has 4 aromatic rings. The smallest absolute Gasteiger partial charge is 0.277 e. The van der Waals surface area contributed by atoms with Crippen LogP contribution >= 0.6 is 11.3 Å². The summed E-state index contributed by atoms with van der Waals surface area (Å²) in [7, 11) is 0. The number of carbonyl (C=O) groups excluding carboxylic acids is 1. The van der Waals surface area contributed by atoms with Crippen LogP contribution in [0.15, 0.2) is 46.8 Å². The largest absolute Gasteiger partial charge is 0.344 e. The van der Waals surface area contributed by atoms with Crippen LogP contribution in [0.1, 0.15) is 40.0 Å². The molecule has 0 aliphatic carbocycles. The van der Waals surface area contributed by atoms with E-state index in [-0.39, 0.29) is 23.9 Å². The molecule has 148 valence electrons. The summed E-state index contributed by atoms with van der Waals surface area (Å²) < 4.78 is 1.32. The molecule has 0 radical (unpaired) electrons. The average molecular weight is 408 g/mol. The Balaban J connectivity index is 1.52. The second kappa shape index (κ2) is 7.96. The minimum absolute atomic E-state index is 0.134. The van der Waals surface area contributed by atoms with Crippen molar-refractivity contribution in [2.45, 2.75) is 32.7 Å². The summed E-state index contributed by atoms with van der Waals surface area (Å²) in [6, 6.07) is 7.48. The Hall–Kier alpha value is -3.33. The molecule has 0 saturated carbocycles. The summed E-state index contributed by atoms with van der Waals surface area (Å²) in [6.45, 7) is 3.53. The van der Waals surface area contributed by atoms with Crippen molar-refractivity contribution in [1.29, 1.82) is 0 Å². The Morgan fingerprint density at radius 1 is 1.24 bits per heavy atom. The molecule has 0 fully saturated rings. The van der Waals surface area contributed by atoms with Gasteiger partial charge in [0.25, 0.3) is 11.3 Å². The first-order valence-electron chi connectivity index (χ1n) is 9.20. The van der Waals surface area contributed by atoms with Crippen LogP contribution in [0.4, 0.5) is 0 Å². The van der Waals surface area contributed by atoms with Crippen molar-refractivity contribution >= 4 is 23.0 Å². The predicted octanol–water partition coefficient (Wildman–Crippen LogP) is 2.33. The molecule has 0 aliphatic rings. The van der Waals surface area contributed by atoms with Crippen LogP contribution in [-0.4, -0.2) is 30.5 Å². The van der Waals surface area contributed by atoms with Crippen LogP contribution in [0.3, 0.4) is 0 Å². The lowest BCUT2D eigenvalue weighted by molar-refractivity contribution is -0.121. The molecule has 0 saturated heterocycles. The maximum absolute atomic E-state index is 12.7. The van der Waals surface area contributed by atoms with Crippen molar-refractivity contribution in [3.8, 4) is 0 Å². The molecule has 4 rings (SSSR count). The predicted molar refractivity (Wildman–Crippen MR) is 110 cm³/mol. The van der Waals surface area contributed by atoms with Crippen molar-refractivity contribution in [2.75, 3.05) is 0 Å². The van der Waals surface area contributed by atoms with E-state index in [9.17, 15) is 9.59 Å². The fourth-order valence-corrected chi connectivity index (χ4v) is 4.05. The number of aromatic amines is 1. The molecular formula is C20H20N6O2S. The van der Waals surface area contributed by atoms with Gasteiger partial charge in [-0.05, 0) is 49.4 Å². The quantitative estimate of drug-likeness (QED) is 0.509. The summed E-state index contributed by atoms with van der Waals surface area (Å²) in [5.41, 5.74) is 1.85. The second-order valence-electron chi connectivity index (χ2n) is 6.72. The zero-order chi connectivity index (χ0) is 20.4. The van der Waals surface area contributed by atoms with Gasteiger partial charge >= 0.3 is 0 Å². The highest BCUT2D eigenvalue weighted by Crippen LogP contribution is 2.25. The topological polar surface area (TPSA) is 105 Å². The Morgan fingerprint density at radius 3 is 2.76 bits per heavy atom. The van der Waals surface area contributed by atoms with Crippen molar-refractivity contribution in [3.05, 3.63) is 79.9 Å². The highest BCUT2D eigenvalue weighted by atomic mass is 32.1. The summed E-state index contributed by atoms with van der Waals surface area (Å²) in [4.78, 5) is 39.1. The molecule has 4 heterocycles. The fraction of sp³-hybridized carbons (Fsp3) is 0.250. The number of amides is 1. The van der Waals surface area contributed by atoms with E-state index in [1.54, 1.807) is 37.6 Å². The van der Waals surface area contributed by atoms with Crippen LogP contribution in [-0.2, 0) is 11.2 Å². The van der Waals surface area contributed by atoms with Gasteiger partial charge in [-0.2, -0.15) is 9.50 Å². The third-order valence-corrected chi connectivity index (χ3v) is 5.62. The number of hydrogen-bond acceptors (Lipinski definition) is 6. The summed E-state index contributed by atoms with van der Waals surface area (Å²) in [5.74, 6) is 0.818. The molecule has 29 heavy (non-hydrogen) atoms. The number of nitrogens with zero attached hydrogens (tertiary/aromatic N) is 4. The zero-order valence-electron chi connectivity index (χ0n) is 16.0. The van der Waals surface area contributed by atoms with Gasteiger partial charge in [-0.15, -0.1) is 11.3 Å². The second-order valence-corrected chi connectivity index (χ2v) is 7.70. The molecule has 0 unspecified atom stereocenters. The Bertz CT molecular complexity index is 1200. The van der Waals surface area contributed by atoms with E-state index in [1.165, 1.54) is 4.52 Å². The Labute approximate surface area is 170 Å². The average Bonchev–Trinajstić information content (AvgIpc) is 3.36. The highest BCUT2D eigenvalue weighted by molar-refractivity contribution is 7.10. The summed E-state index contributed by atoms with van der Waals surface area (Å²) in [5, 5.41) is 7.94. The van der Waals surface area contributed by atoms with Gasteiger partial charge in [0.05, 0.1) is 11.7 Å². The Kier molecular flexibility index (Phi) is 5.22. The van der Waals surface area contributed by atoms with Crippen LogP contribution in [0.2, 0.25) is 0 Å². The van der Waals surface area contributed by atoms with Gasteiger partial charge in [0.2, 0.25) is 5.91 Å². The molecule has 1 atom stereocenters. The van der Waals surface area contributed by atoms with Gasteiger partial charge in [-0.25, -0.2) is 4.98 Å². The lowest BCUT2D eigenvalue weighted by Crippen LogP contribution is -2.30. The number of pyridine rings is 1. The third-order valence-electron chi connectivity index (χ3n) is 4.68. The molecule has 0 bridgehead atoms. The van der Waals surface area contributed by atoms with Crippen molar-refractivity contribution in [2.24, 2.45) is 0 Å². The van der Waals surface area contributed by atoms with Gasteiger partial charge in [0, 0.05) is 29.3 Å². The van der Waals surface area contributed by atoms with E-state index in [4.69, 9.17) is 0 Å². The molecular weight excluding hydrogens is 388 g/mol. The van der Waals surface area contributed by atoms with E-state index in [1.807, 2.05) is 29.6 Å². The maximum atomic E-state index is 12.7. The first kappa shape index (κ1) is 19.0. The van der Waals surface area contributed by atoms with Crippen molar-refractivity contribution in [1.82, 2.24) is 29.9 Å². The van der Waals surface area contributed by atoms with Gasteiger partial charge in [0.15, 0.2) is 0 Å². The molecule has 0 aromatic carbocycles. The lowest BCUT2D eigenvalue weighted by atomic mass is 10.1. The van der Waals surface area contributed by atoms with E-state index < -0.39 is 0 Å². The minimum Gasteiger partial charge on any atom is -0.344 e. The number of thiophene rings is 1. The number of hydrogen-bond donors (Lipinski definition) is 2. The number of aromatic nitrogens is 5. The van der Waals surface area contributed by atoms with Gasteiger partial charge in [-0.3, -0.25) is 19.7 Å². The van der Waals surface area contributed by atoms with Gasteiger partial charge in [0.1, 0.15) is 5.82 Å². The van der Waals surface area contributed by atoms with E-state index in [2.05, 4.69) is 25.4 Å². The standard InChI is InChI=1S/C20H20N6O2S/c1-12-15(19(28)26-20(22-12)23-13(2)25-26)5-6-17(27)24-18(16-4-3-11-29-16)14-7-9-21-10-8-14/h3-4,7-11,18H,5-6H2,1-2H3,(H,24,27)(H,22,23,25)/t18-/m1/s1. The number of nitrogens with one attached hydrogen (secondary N) is 2. The normalized spacial score (nSPS) is 12.2. The number of carbonyl (C=O) groups is 1. The van der Waals surface area contributed by atoms with Gasteiger partial charge in [-0.1, -0.05) is 6.07 Å². The molecule has 1 amide bonds. The summed E-state index contributed by atoms with van der Waals surface area (Å²) >= 11 is 1.58. The molecule has 8 nitrogen and oxygen atoms in total. The van der Waals surface area contributed by atoms with Crippen LogP contribution in [0.5, 0.6) is 0 Å². The van der Waals surface area contributed by atoms with Crippen molar-refractivity contribution < 1.29 is 4.79 Å². The molecule has 9 heteroatoms. The number of fused-ring (bicyclic) bond motifs is 1. The molecule has 4 aromatic heterocycles. The first-order valence-corrected chi connectivity index (χ1v) is 10.1. The van der Waals surface area contributed by atoms with Gasteiger partial charge < -0.3 is 5.32 Å². The van der Waals surface area contributed by atoms with E-state index >= 15 is 0 Å². The highest BCUT2D eigenvalue weighted by Gasteiger charge is 2.19.